The number of ether oxygens (including phenoxy) is 1. The van der Waals surface area contributed by atoms with Crippen LogP contribution in [0.5, 0.6) is 0 Å². The quantitative estimate of drug-likeness (QED) is 0.716. The summed E-state index contributed by atoms with van der Waals surface area (Å²) >= 11 is 0. The van der Waals surface area contributed by atoms with Crippen LogP contribution in [-0.4, -0.2) is 36.7 Å². The fraction of sp³-hybridized carbons (Fsp3) is 0.571. The van der Waals surface area contributed by atoms with E-state index < -0.39 is 0 Å². The second kappa shape index (κ2) is 7.86. The Labute approximate surface area is 113 Å². The van der Waals surface area contributed by atoms with Crippen molar-refractivity contribution in [2.75, 3.05) is 19.7 Å². The van der Waals surface area contributed by atoms with Gasteiger partial charge in [0.15, 0.2) is 0 Å². The van der Waals surface area contributed by atoms with Gasteiger partial charge in [0, 0.05) is 32.3 Å². The van der Waals surface area contributed by atoms with Gasteiger partial charge >= 0.3 is 0 Å². The third kappa shape index (κ3) is 5.36. The van der Waals surface area contributed by atoms with Crippen LogP contribution in [0.2, 0.25) is 0 Å². The topological polar surface area (TPSA) is 63.2 Å². The molecule has 2 N–H and O–H groups in total. The molecule has 0 aliphatic carbocycles. The van der Waals surface area contributed by atoms with Crippen LogP contribution in [0.25, 0.3) is 0 Å². The average Bonchev–Trinajstić information content (AvgIpc) is 2.96. The third-order valence-electron chi connectivity index (χ3n) is 3.12. The number of aromatic nitrogens is 1. The van der Waals surface area contributed by atoms with E-state index in [0.717, 1.165) is 31.7 Å². The summed E-state index contributed by atoms with van der Waals surface area (Å²) in [5.74, 6) is 0.0468. The molecule has 2 rings (SSSR count). The molecule has 0 saturated carbocycles. The van der Waals surface area contributed by atoms with Gasteiger partial charge in [-0.05, 0) is 25.0 Å². The van der Waals surface area contributed by atoms with Gasteiger partial charge in [-0.15, -0.1) is 0 Å². The lowest BCUT2D eigenvalue weighted by atomic mass is 10.2. The second-order valence-electron chi connectivity index (χ2n) is 4.69. The Morgan fingerprint density at radius 2 is 2.42 bits per heavy atom. The molecule has 5 heteroatoms. The molecule has 1 saturated heterocycles. The van der Waals surface area contributed by atoms with Crippen molar-refractivity contribution in [1.29, 1.82) is 0 Å². The van der Waals surface area contributed by atoms with Crippen LogP contribution in [-0.2, 0) is 16.1 Å². The molecule has 1 fully saturated rings. The highest BCUT2D eigenvalue weighted by Gasteiger charge is 2.14. The smallest absolute Gasteiger partial charge is 0.221 e. The maximum Gasteiger partial charge on any atom is 0.221 e. The Hall–Kier alpha value is -1.46. The number of hydrogen-bond donors (Lipinski definition) is 2. The van der Waals surface area contributed by atoms with Crippen molar-refractivity contribution in [2.24, 2.45) is 0 Å². The summed E-state index contributed by atoms with van der Waals surface area (Å²) in [5.41, 5.74) is 0.878. The van der Waals surface area contributed by atoms with Crippen LogP contribution in [0, 0.1) is 0 Å². The fourth-order valence-corrected chi connectivity index (χ4v) is 2.05. The van der Waals surface area contributed by atoms with Gasteiger partial charge in [0.05, 0.1) is 18.3 Å². The van der Waals surface area contributed by atoms with Gasteiger partial charge in [-0.3, -0.25) is 9.78 Å². The summed E-state index contributed by atoms with van der Waals surface area (Å²) in [6.07, 6.45) is 4.82. The summed E-state index contributed by atoms with van der Waals surface area (Å²) < 4.78 is 5.49. The predicted octanol–water partition coefficient (Wildman–Crippen LogP) is 0.856. The Balaban J connectivity index is 1.52. The van der Waals surface area contributed by atoms with E-state index >= 15 is 0 Å². The lowest BCUT2D eigenvalue weighted by molar-refractivity contribution is -0.121. The molecule has 0 bridgehead atoms. The fourth-order valence-electron chi connectivity index (χ4n) is 2.05. The third-order valence-corrected chi connectivity index (χ3v) is 3.12. The summed E-state index contributed by atoms with van der Waals surface area (Å²) in [6.45, 7) is 2.89. The molecule has 0 aromatic carbocycles. The largest absolute Gasteiger partial charge is 0.377 e. The van der Waals surface area contributed by atoms with Crippen LogP contribution in [0.4, 0.5) is 0 Å². The highest BCUT2D eigenvalue weighted by molar-refractivity contribution is 5.75. The van der Waals surface area contributed by atoms with E-state index in [1.54, 1.807) is 6.20 Å². The predicted molar refractivity (Wildman–Crippen MR) is 72.5 cm³/mol. The van der Waals surface area contributed by atoms with Crippen LogP contribution >= 0.6 is 0 Å². The zero-order chi connectivity index (χ0) is 13.3. The summed E-state index contributed by atoms with van der Waals surface area (Å²) in [7, 11) is 0. The van der Waals surface area contributed by atoms with Crippen molar-refractivity contribution in [1.82, 2.24) is 15.6 Å². The zero-order valence-electron chi connectivity index (χ0n) is 11.1. The molecular weight excluding hydrogens is 242 g/mol. The summed E-state index contributed by atoms with van der Waals surface area (Å²) in [5, 5.41) is 6.11. The van der Waals surface area contributed by atoms with Crippen molar-refractivity contribution in [2.45, 2.75) is 31.9 Å². The monoisotopic (exact) mass is 263 g/mol. The first-order valence-corrected chi connectivity index (χ1v) is 6.83. The van der Waals surface area contributed by atoms with E-state index in [1.165, 1.54) is 0 Å². The van der Waals surface area contributed by atoms with Crippen LogP contribution < -0.4 is 10.6 Å². The lowest BCUT2D eigenvalue weighted by Gasteiger charge is -2.10. The molecule has 1 aromatic rings. The number of nitrogens with zero attached hydrogens (tertiary/aromatic N) is 1. The SMILES string of the molecule is O=C(CCNCC1CCCO1)NCc1ccccn1. The molecule has 1 aliphatic heterocycles. The molecule has 1 atom stereocenters. The van der Waals surface area contributed by atoms with Gasteiger partial charge in [-0.1, -0.05) is 6.07 Å². The van der Waals surface area contributed by atoms with Crippen LogP contribution in [0.15, 0.2) is 24.4 Å². The first-order chi connectivity index (χ1) is 9.34. The van der Waals surface area contributed by atoms with E-state index in [4.69, 9.17) is 4.74 Å². The van der Waals surface area contributed by atoms with Crippen molar-refractivity contribution in [3.05, 3.63) is 30.1 Å². The highest BCUT2D eigenvalue weighted by Crippen LogP contribution is 2.10. The van der Waals surface area contributed by atoms with Gasteiger partial charge < -0.3 is 15.4 Å². The van der Waals surface area contributed by atoms with Gasteiger partial charge in [0.1, 0.15) is 0 Å². The molecule has 104 valence electrons. The van der Waals surface area contributed by atoms with Crippen LogP contribution in [0.1, 0.15) is 25.0 Å². The molecule has 5 nitrogen and oxygen atoms in total. The standard InChI is InChI=1S/C14H21N3O2/c18-14(17-10-12-4-1-2-7-16-12)6-8-15-11-13-5-3-9-19-13/h1-2,4,7,13,15H,3,5-6,8-11H2,(H,17,18). The number of amides is 1. The maximum atomic E-state index is 11.6. The van der Waals surface area contributed by atoms with E-state index in [0.29, 0.717) is 25.6 Å². The normalized spacial score (nSPS) is 18.4. The Morgan fingerprint density at radius 3 is 3.16 bits per heavy atom. The molecular formula is C14H21N3O2. The van der Waals surface area contributed by atoms with E-state index in [1.807, 2.05) is 18.2 Å². The van der Waals surface area contributed by atoms with Crippen molar-refractivity contribution >= 4 is 5.91 Å². The molecule has 1 aromatic heterocycles. The zero-order valence-corrected chi connectivity index (χ0v) is 11.1. The molecule has 0 spiro atoms. The first-order valence-electron chi connectivity index (χ1n) is 6.83. The molecule has 1 aliphatic rings. The summed E-state index contributed by atoms with van der Waals surface area (Å²) in [6, 6.07) is 5.67. The number of pyridine rings is 1. The first kappa shape index (κ1) is 14.0. The van der Waals surface area contributed by atoms with Gasteiger partial charge in [0.25, 0.3) is 0 Å². The summed E-state index contributed by atoms with van der Waals surface area (Å²) in [4.78, 5) is 15.8. The minimum absolute atomic E-state index is 0.0468. The van der Waals surface area contributed by atoms with Crippen LogP contribution in [0.3, 0.4) is 0 Å². The Kier molecular flexibility index (Phi) is 5.78. The van der Waals surface area contributed by atoms with Crippen molar-refractivity contribution in [3.63, 3.8) is 0 Å². The number of hydrogen-bond acceptors (Lipinski definition) is 4. The van der Waals surface area contributed by atoms with Gasteiger partial charge in [-0.2, -0.15) is 0 Å². The van der Waals surface area contributed by atoms with Crippen molar-refractivity contribution in [3.8, 4) is 0 Å². The Morgan fingerprint density at radius 1 is 1.47 bits per heavy atom. The average molecular weight is 263 g/mol. The van der Waals surface area contributed by atoms with Crippen molar-refractivity contribution < 1.29 is 9.53 Å². The minimum atomic E-state index is 0.0468. The van der Waals surface area contributed by atoms with E-state index in [-0.39, 0.29) is 5.91 Å². The lowest BCUT2D eigenvalue weighted by Crippen LogP contribution is -2.31. The maximum absolute atomic E-state index is 11.6. The molecule has 1 amide bonds. The number of carbonyl (C=O) groups excluding carboxylic acids is 1. The minimum Gasteiger partial charge on any atom is -0.377 e. The number of nitrogens with one attached hydrogen (secondary N) is 2. The number of rotatable bonds is 7. The molecule has 2 heterocycles. The van der Waals surface area contributed by atoms with E-state index in [9.17, 15) is 4.79 Å². The number of carbonyl (C=O) groups is 1. The second-order valence-corrected chi connectivity index (χ2v) is 4.69. The molecule has 1 unspecified atom stereocenters. The van der Waals surface area contributed by atoms with Gasteiger partial charge in [0.2, 0.25) is 5.91 Å². The Bertz CT molecular complexity index is 378. The highest BCUT2D eigenvalue weighted by atomic mass is 16.5. The van der Waals surface area contributed by atoms with E-state index in [2.05, 4.69) is 15.6 Å². The van der Waals surface area contributed by atoms with Gasteiger partial charge in [-0.25, -0.2) is 0 Å². The molecule has 0 radical (unpaired) electrons. The molecule has 19 heavy (non-hydrogen) atoms.